The van der Waals surface area contributed by atoms with Crippen LogP contribution in [0.25, 0.3) is 0 Å². The molecule has 0 heterocycles. The first-order chi connectivity index (χ1) is 18.9. The zero-order valence-corrected chi connectivity index (χ0v) is 23.1. The van der Waals surface area contributed by atoms with E-state index in [1.807, 2.05) is 0 Å². The van der Waals surface area contributed by atoms with Crippen molar-refractivity contribution in [1.82, 2.24) is 4.90 Å². The first kappa shape index (κ1) is 27.9. The predicted octanol–water partition coefficient (Wildman–Crippen LogP) is 6.51. The van der Waals surface area contributed by atoms with Gasteiger partial charge in [-0.15, -0.1) is 0 Å². The van der Waals surface area contributed by atoms with E-state index in [0.717, 1.165) is 26.1 Å². The van der Waals surface area contributed by atoms with Crippen LogP contribution in [-0.2, 0) is 6.54 Å². The zero-order valence-electron chi connectivity index (χ0n) is 23.1. The van der Waals surface area contributed by atoms with Crippen LogP contribution >= 0.6 is 0 Å². The normalized spacial score (nSPS) is 11.1. The molecule has 5 nitrogen and oxygen atoms in total. The van der Waals surface area contributed by atoms with Crippen molar-refractivity contribution in [3.05, 3.63) is 130 Å². The topological polar surface area (TPSA) is 64.8 Å². The highest BCUT2D eigenvalue weighted by Crippen LogP contribution is 2.29. The molecule has 2 N–H and O–H groups in total. The number of methoxy groups -OCH3 is 1. The molecule has 0 aliphatic carbocycles. The summed E-state index contributed by atoms with van der Waals surface area (Å²) in [5.74, 6) is 0.864. The minimum atomic E-state index is -0.491. The van der Waals surface area contributed by atoms with Gasteiger partial charge in [-0.3, -0.25) is 9.69 Å². The Hall–Kier alpha value is -4.09. The van der Waals surface area contributed by atoms with Gasteiger partial charge in [-0.25, -0.2) is 0 Å². The molecule has 4 aromatic carbocycles. The van der Waals surface area contributed by atoms with E-state index >= 15 is 0 Å². The maximum Gasteiger partial charge on any atom is 0.248 e. The third-order valence-electron chi connectivity index (χ3n) is 7.15. The lowest BCUT2D eigenvalue weighted by molar-refractivity contribution is 0.0999. The Morgan fingerprint density at radius 2 is 1.49 bits per heavy atom. The van der Waals surface area contributed by atoms with Crippen molar-refractivity contribution in [3.8, 4) is 11.5 Å². The number of rotatable bonds is 13. The molecule has 202 valence electrons. The molecule has 0 spiro atoms. The second kappa shape index (κ2) is 13.6. The minimum Gasteiger partial charge on any atom is -0.493 e. The number of primary amides is 1. The second-order valence-corrected chi connectivity index (χ2v) is 9.96. The molecule has 0 aliphatic rings. The molecule has 4 rings (SSSR count). The van der Waals surface area contributed by atoms with E-state index in [0.29, 0.717) is 23.7 Å². The molecule has 0 radical (unpaired) electrons. The van der Waals surface area contributed by atoms with E-state index in [9.17, 15) is 4.79 Å². The van der Waals surface area contributed by atoms with Gasteiger partial charge in [0, 0.05) is 31.1 Å². The van der Waals surface area contributed by atoms with Crippen LogP contribution in [0.1, 0.15) is 50.5 Å². The van der Waals surface area contributed by atoms with Crippen LogP contribution in [-0.4, -0.2) is 37.6 Å². The fraction of sp³-hybridized carbons (Fsp3) is 0.265. The number of aryl methyl sites for hydroxylation is 2. The molecule has 0 unspecified atom stereocenters. The Morgan fingerprint density at radius 3 is 2.08 bits per heavy atom. The van der Waals surface area contributed by atoms with Gasteiger partial charge in [0.15, 0.2) is 11.5 Å². The molecule has 5 heteroatoms. The average molecular weight is 523 g/mol. The third kappa shape index (κ3) is 7.71. The van der Waals surface area contributed by atoms with Crippen molar-refractivity contribution in [1.29, 1.82) is 0 Å². The van der Waals surface area contributed by atoms with Crippen molar-refractivity contribution >= 4 is 5.91 Å². The van der Waals surface area contributed by atoms with Crippen molar-refractivity contribution in [2.75, 3.05) is 26.8 Å². The van der Waals surface area contributed by atoms with Crippen LogP contribution in [0.2, 0.25) is 0 Å². The van der Waals surface area contributed by atoms with E-state index in [2.05, 4.69) is 97.6 Å². The number of carbonyl (C=O) groups excluding carboxylic acids is 1. The molecule has 1 amide bonds. The first-order valence-corrected chi connectivity index (χ1v) is 13.4. The Kier molecular flexibility index (Phi) is 9.76. The Bertz CT molecular complexity index is 1320. The zero-order chi connectivity index (χ0) is 27.6. The van der Waals surface area contributed by atoms with E-state index in [-0.39, 0.29) is 5.92 Å². The van der Waals surface area contributed by atoms with Gasteiger partial charge >= 0.3 is 0 Å². The average Bonchev–Trinajstić information content (AvgIpc) is 2.96. The number of ether oxygens (including phenoxy) is 2. The van der Waals surface area contributed by atoms with Gasteiger partial charge in [-0.2, -0.15) is 0 Å². The largest absolute Gasteiger partial charge is 0.493 e. The van der Waals surface area contributed by atoms with Gasteiger partial charge in [0.2, 0.25) is 5.91 Å². The Balaban J connectivity index is 1.52. The van der Waals surface area contributed by atoms with Crippen molar-refractivity contribution in [3.63, 3.8) is 0 Å². The van der Waals surface area contributed by atoms with Crippen molar-refractivity contribution < 1.29 is 14.3 Å². The number of hydrogen-bond acceptors (Lipinski definition) is 4. The minimum absolute atomic E-state index is 0.243. The molecule has 0 atom stereocenters. The monoisotopic (exact) mass is 522 g/mol. The molecule has 39 heavy (non-hydrogen) atoms. The summed E-state index contributed by atoms with van der Waals surface area (Å²) < 4.78 is 11.5. The predicted molar refractivity (Wildman–Crippen MR) is 158 cm³/mol. The molecule has 0 bridgehead atoms. The van der Waals surface area contributed by atoms with Gasteiger partial charge in [0.1, 0.15) is 0 Å². The molecule has 0 saturated heterocycles. The summed E-state index contributed by atoms with van der Waals surface area (Å²) in [5.41, 5.74) is 12.4. The van der Waals surface area contributed by atoms with Crippen LogP contribution in [0.15, 0.2) is 97.1 Å². The number of amides is 1. The van der Waals surface area contributed by atoms with Crippen LogP contribution in [0.5, 0.6) is 11.5 Å². The summed E-state index contributed by atoms with van der Waals surface area (Å²) in [4.78, 5) is 14.2. The maximum atomic E-state index is 11.6. The molecule has 0 aromatic heterocycles. The number of nitrogens with zero attached hydrogens (tertiary/aromatic N) is 1. The van der Waals surface area contributed by atoms with Crippen LogP contribution in [0.3, 0.4) is 0 Å². The number of nitrogens with two attached hydrogens (primary N) is 1. The number of carbonyl (C=O) groups is 1. The number of hydrogen-bond donors (Lipinski definition) is 1. The quantitative estimate of drug-likeness (QED) is 0.203. The lowest BCUT2D eigenvalue weighted by Gasteiger charge is -2.29. The van der Waals surface area contributed by atoms with Crippen LogP contribution in [0, 0.1) is 13.8 Å². The van der Waals surface area contributed by atoms with E-state index in [1.165, 1.54) is 27.8 Å². The summed E-state index contributed by atoms with van der Waals surface area (Å²) in [5, 5.41) is 0. The van der Waals surface area contributed by atoms with Gasteiger partial charge in [-0.05, 0) is 66.3 Å². The highest BCUT2D eigenvalue weighted by atomic mass is 16.5. The lowest BCUT2D eigenvalue weighted by Crippen LogP contribution is -2.31. The first-order valence-electron chi connectivity index (χ1n) is 13.4. The standard InChI is InChI=1S/C34H38N2O3/c1-25-15-16-27(21-26(25)2)23-36(19-10-20-39-33-22-30(34(35)37)17-18-32(33)38-3)24-31(28-11-6-4-7-12-28)29-13-8-5-9-14-29/h4-9,11-18,21-22,31H,10,19-20,23-24H2,1-3H3,(H2,35,37). The molecule has 4 aromatic rings. The lowest BCUT2D eigenvalue weighted by atomic mass is 9.90. The van der Waals surface area contributed by atoms with E-state index in [4.69, 9.17) is 15.2 Å². The molecule has 0 saturated carbocycles. The highest BCUT2D eigenvalue weighted by Gasteiger charge is 2.19. The van der Waals surface area contributed by atoms with Gasteiger partial charge < -0.3 is 15.2 Å². The fourth-order valence-corrected chi connectivity index (χ4v) is 4.84. The maximum absolute atomic E-state index is 11.6. The molecule has 0 fully saturated rings. The molecular formula is C34H38N2O3. The summed E-state index contributed by atoms with van der Waals surface area (Å²) in [7, 11) is 1.59. The highest BCUT2D eigenvalue weighted by molar-refractivity contribution is 5.93. The summed E-state index contributed by atoms with van der Waals surface area (Å²) in [6, 6.07) is 33.2. The second-order valence-electron chi connectivity index (χ2n) is 9.96. The van der Waals surface area contributed by atoms with Crippen LogP contribution in [0.4, 0.5) is 0 Å². The van der Waals surface area contributed by atoms with Gasteiger partial charge in [-0.1, -0.05) is 78.9 Å². The molecule has 0 aliphatic heterocycles. The van der Waals surface area contributed by atoms with Crippen molar-refractivity contribution in [2.45, 2.75) is 32.7 Å². The Labute approximate surface area is 232 Å². The number of benzene rings is 4. The van der Waals surface area contributed by atoms with Gasteiger partial charge in [0.05, 0.1) is 13.7 Å². The van der Waals surface area contributed by atoms with Crippen LogP contribution < -0.4 is 15.2 Å². The summed E-state index contributed by atoms with van der Waals surface area (Å²) in [6.07, 6.45) is 0.811. The Morgan fingerprint density at radius 1 is 0.821 bits per heavy atom. The smallest absolute Gasteiger partial charge is 0.248 e. The van der Waals surface area contributed by atoms with Gasteiger partial charge in [0.25, 0.3) is 0 Å². The summed E-state index contributed by atoms with van der Waals surface area (Å²) in [6.45, 7) is 7.38. The van der Waals surface area contributed by atoms with E-state index in [1.54, 1.807) is 25.3 Å². The SMILES string of the molecule is COc1ccc(C(N)=O)cc1OCCCN(Cc1ccc(C)c(C)c1)CC(c1ccccc1)c1ccccc1. The van der Waals surface area contributed by atoms with Crippen molar-refractivity contribution in [2.24, 2.45) is 5.73 Å². The molecular weight excluding hydrogens is 484 g/mol. The third-order valence-corrected chi connectivity index (χ3v) is 7.15. The van der Waals surface area contributed by atoms with E-state index < -0.39 is 5.91 Å². The fourth-order valence-electron chi connectivity index (χ4n) is 4.84. The summed E-state index contributed by atoms with van der Waals surface area (Å²) >= 11 is 0.